The van der Waals surface area contributed by atoms with Crippen LogP contribution < -0.4 is 16.4 Å². The van der Waals surface area contributed by atoms with E-state index in [1.165, 1.54) is 16.4 Å². The number of carbonyl (C=O) groups excluding carboxylic acids is 1. The second-order valence-electron chi connectivity index (χ2n) is 10.9. The first kappa shape index (κ1) is 25.7. The molecule has 0 radical (unpaired) electrons. The Morgan fingerprint density at radius 3 is 2.41 bits per heavy atom. The first-order valence-corrected chi connectivity index (χ1v) is 14.9. The van der Waals surface area contributed by atoms with Gasteiger partial charge in [-0.3, -0.25) is 4.79 Å². The number of nitrogens with one attached hydrogen (secondary N) is 2. The number of halogens is 1. The maximum Gasteiger partial charge on any atom is 0.268 e. The molecule has 2 aromatic heterocycles. The fourth-order valence-electron chi connectivity index (χ4n) is 6.03. The summed E-state index contributed by atoms with van der Waals surface area (Å²) in [6.07, 6.45) is 5.20. The Labute approximate surface area is 241 Å². The van der Waals surface area contributed by atoms with Crippen molar-refractivity contribution in [2.24, 2.45) is 11.1 Å². The molecule has 3 saturated carbocycles. The van der Waals surface area contributed by atoms with Gasteiger partial charge in [0.15, 0.2) is 0 Å². The summed E-state index contributed by atoms with van der Waals surface area (Å²) in [6, 6.07) is 22.7. The molecule has 0 spiro atoms. The number of anilines is 3. The normalized spacial score (nSPS) is 21.1. The standard InChI is InChI=1S/C30H25ClN6O3S/c31-24-14-33-28(35-20-8-6-7-19(13-20)34-27(38)29-16-30(32,17-29)18-29)36-26(24)23-15-37(25-12-5-4-11-22(23)25)41(39,40)21-9-2-1-3-10-21/h1-15H,16-18,32H2,(H,34,38)(H,33,35,36). The van der Waals surface area contributed by atoms with Crippen molar-refractivity contribution in [2.75, 3.05) is 10.6 Å². The fraction of sp³-hybridized carbons (Fsp3) is 0.167. The molecule has 4 N–H and O–H groups in total. The van der Waals surface area contributed by atoms with Crippen LogP contribution in [0.25, 0.3) is 22.2 Å². The van der Waals surface area contributed by atoms with Crippen molar-refractivity contribution in [1.82, 2.24) is 13.9 Å². The number of fused-ring (bicyclic) bond motifs is 1. The van der Waals surface area contributed by atoms with Gasteiger partial charge in [0, 0.05) is 34.1 Å². The molecule has 41 heavy (non-hydrogen) atoms. The van der Waals surface area contributed by atoms with Gasteiger partial charge in [-0.15, -0.1) is 0 Å². The van der Waals surface area contributed by atoms with Gasteiger partial charge in [0.2, 0.25) is 11.9 Å². The Morgan fingerprint density at radius 2 is 1.66 bits per heavy atom. The molecule has 8 rings (SSSR count). The zero-order chi connectivity index (χ0) is 28.4. The number of nitrogens with zero attached hydrogens (tertiary/aromatic N) is 3. The Balaban J connectivity index is 1.20. The van der Waals surface area contributed by atoms with Crippen molar-refractivity contribution in [2.45, 2.75) is 29.7 Å². The molecule has 3 aromatic carbocycles. The molecule has 9 nitrogen and oxygen atoms in total. The van der Waals surface area contributed by atoms with Gasteiger partial charge in [0.1, 0.15) is 0 Å². The molecule has 5 aromatic rings. The van der Waals surface area contributed by atoms with E-state index >= 15 is 0 Å². The van der Waals surface area contributed by atoms with Crippen LogP contribution in [0.3, 0.4) is 0 Å². The van der Waals surface area contributed by atoms with Gasteiger partial charge < -0.3 is 16.4 Å². The number of benzene rings is 3. The van der Waals surface area contributed by atoms with Crippen molar-refractivity contribution < 1.29 is 13.2 Å². The number of hydrogen-bond acceptors (Lipinski definition) is 7. The molecule has 2 heterocycles. The Hall–Kier alpha value is -4.25. The van der Waals surface area contributed by atoms with Crippen LogP contribution in [0.15, 0.2) is 96.2 Å². The highest BCUT2D eigenvalue weighted by atomic mass is 35.5. The highest BCUT2D eigenvalue weighted by molar-refractivity contribution is 7.90. The maximum absolute atomic E-state index is 13.5. The molecule has 0 saturated heterocycles. The van der Waals surface area contributed by atoms with Gasteiger partial charge in [-0.05, 0) is 55.7 Å². The van der Waals surface area contributed by atoms with Gasteiger partial charge in [0.05, 0.1) is 32.7 Å². The minimum Gasteiger partial charge on any atom is -0.326 e. The smallest absolute Gasteiger partial charge is 0.268 e. The number of para-hydroxylation sites is 1. The third kappa shape index (κ3) is 4.26. The third-order valence-electron chi connectivity index (χ3n) is 7.91. The highest BCUT2D eigenvalue weighted by Gasteiger charge is 2.69. The molecule has 3 fully saturated rings. The molecular weight excluding hydrogens is 560 g/mol. The summed E-state index contributed by atoms with van der Waals surface area (Å²) in [5, 5.41) is 7.13. The predicted molar refractivity (Wildman–Crippen MR) is 159 cm³/mol. The maximum atomic E-state index is 13.5. The summed E-state index contributed by atoms with van der Waals surface area (Å²) in [7, 11) is -3.87. The highest BCUT2D eigenvalue weighted by Crippen LogP contribution is 2.66. The number of nitrogens with two attached hydrogens (primary N) is 1. The van der Waals surface area contributed by atoms with E-state index in [1.807, 2.05) is 30.3 Å². The van der Waals surface area contributed by atoms with Crippen LogP contribution in [0, 0.1) is 5.41 Å². The molecule has 0 atom stereocenters. The topological polar surface area (TPSA) is 132 Å². The molecule has 3 aliphatic carbocycles. The van der Waals surface area contributed by atoms with Crippen molar-refractivity contribution >= 4 is 55.8 Å². The predicted octanol–water partition coefficient (Wildman–Crippen LogP) is 5.55. The Kier molecular flexibility index (Phi) is 5.73. The van der Waals surface area contributed by atoms with Gasteiger partial charge in [-0.2, -0.15) is 0 Å². The lowest BCUT2D eigenvalue weighted by atomic mass is 9.39. The van der Waals surface area contributed by atoms with E-state index in [4.69, 9.17) is 17.3 Å². The average molecular weight is 585 g/mol. The number of carbonyl (C=O) groups is 1. The number of amides is 1. The summed E-state index contributed by atoms with van der Waals surface area (Å²) in [6.45, 7) is 0. The van der Waals surface area contributed by atoms with Gasteiger partial charge in [0.25, 0.3) is 10.0 Å². The summed E-state index contributed by atoms with van der Waals surface area (Å²) in [5.74, 6) is 0.258. The minimum absolute atomic E-state index is 0.00570. The van der Waals surface area contributed by atoms with Gasteiger partial charge >= 0.3 is 0 Å². The van der Waals surface area contributed by atoms with Gasteiger partial charge in [-0.25, -0.2) is 22.4 Å². The van der Waals surface area contributed by atoms with E-state index in [-0.39, 0.29) is 32.7 Å². The minimum atomic E-state index is -3.87. The van der Waals surface area contributed by atoms with Crippen LogP contribution >= 0.6 is 11.6 Å². The molecule has 2 bridgehead atoms. The molecule has 1 amide bonds. The van der Waals surface area contributed by atoms with Crippen LogP contribution in [0.4, 0.5) is 17.3 Å². The zero-order valence-electron chi connectivity index (χ0n) is 21.7. The average Bonchev–Trinajstić information content (AvgIpc) is 3.33. The monoisotopic (exact) mass is 584 g/mol. The molecular formula is C30H25ClN6O3S. The van der Waals surface area contributed by atoms with Crippen molar-refractivity contribution in [3.8, 4) is 11.3 Å². The van der Waals surface area contributed by atoms with E-state index in [0.29, 0.717) is 33.5 Å². The van der Waals surface area contributed by atoms with Crippen LogP contribution in [0.1, 0.15) is 19.3 Å². The second-order valence-corrected chi connectivity index (χ2v) is 13.1. The first-order valence-electron chi connectivity index (χ1n) is 13.1. The van der Waals surface area contributed by atoms with E-state index in [2.05, 4.69) is 20.6 Å². The molecule has 11 heteroatoms. The van der Waals surface area contributed by atoms with E-state index in [0.717, 1.165) is 19.3 Å². The number of rotatable bonds is 7. The van der Waals surface area contributed by atoms with Gasteiger partial charge in [-0.1, -0.05) is 54.1 Å². The fourth-order valence-corrected chi connectivity index (χ4v) is 7.62. The zero-order valence-corrected chi connectivity index (χ0v) is 23.3. The van der Waals surface area contributed by atoms with E-state index in [9.17, 15) is 13.2 Å². The van der Waals surface area contributed by atoms with Crippen molar-refractivity contribution in [3.05, 3.63) is 96.3 Å². The molecule has 3 aliphatic rings. The number of hydrogen-bond donors (Lipinski definition) is 3. The molecule has 0 unspecified atom stereocenters. The van der Waals surface area contributed by atoms with E-state index < -0.39 is 10.0 Å². The quantitative estimate of drug-likeness (QED) is 0.228. The number of aromatic nitrogens is 3. The van der Waals surface area contributed by atoms with Crippen LogP contribution in [-0.2, 0) is 14.8 Å². The first-order chi connectivity index (χ1) is 19.7. The lowest BCUT2D eigenvalue weighted by Crippen LogP contribution is -2.75. The summed E-state index contributed by atoms with van der Waals surface area (Å²) >= 11 is 6.56. The van der Waals surface area contributed by atoms with Crippen molar-refractivity contribution in [3.63, 3.8) is 0 Å². The summed E-state index contributed by atoms with van der Waals surface area (Å²) in [4.78, 5) is 22.0. The molecule has 206 valence electrons. The third-order valence-corrected chi connectivity index (χ3v) is 9.87. The largest absolute Gasteiger partial charge is 0.326 e. The Bertz CT molecular complexity index is 1940. The van der Waals surface area contributed by atoms with Crippen LogP contribution in [0.2, 0.25) is 5.02 Å². The summed E-state index contributed by atoms with van der Waals surface area (Å²) < 4.78 is 28.3. The molecule has 0 aliphatic heterocycles. The lowest BCUT2D eigenvalue weighted by molar-refractivity contribution is -0.166. The van der Waals surface area contributed by atoms with Crippen LogP contribution in [-0.4, -0.2) is 33.8 Å². The van der Waals surface area contributed by atoms with Crippen molar-refractivity contribution in [1.29, 1.82) is 0 Å². The lowest BCUT2D eigenvalue weighted by Gasteiger charge is -2.67. The summed E-state index contributed by atoms with van der Waals surface area (Å²) in [5.41, 5.74) is 8.38. The Morgan fingerprint density at radius 1 is 0.951 bits per heavy atom. The second kappa shape index (κ2) is 9.13. The van der Waals surface area contributed by atoms with E-state index in [1.54, 1.807) is 48.5 Å². The van der Waals surface area contributed by atoms with Crippen LogP contribution in [0.5, 0.6) is 0 Å². The SMILES string of the molecule is NC12CC(C(=O)Nc3cccc(Nc4ncc(Cl)c(-c5cn(S(=O)(=O)c6ccccc6)c6ccccc56)n4)c3)(C1)C2.